The standard InChI is InChI=1S/C12H12Cl2N2OS/c1-7(2)18-10(6-15)16-12(17)11-8(13)4-3-5-9(11)14/h3-5,7,10H,1-2H3,(H,16,17). The van der Waals surface area contributed by atoms with Crippen LogP contribution in [0.25, 0.3) is 0 Å². The summed E-state index contributed by atoms with van der Waals surface area (Å²) in [7, 11) is 0. The summed E-state index contributed by atoms with van der Waals surface area (Å²) in [5.74, 6) is -0.440. The lowest BCUT2D eigenvalue weighted by Gasteiger charge is -2.14. The minimum atomic E-state index is -0.621. The largest absolute Gasteiger partial charge is 0.328 e. The van der Waals surface area contributed by atoms with Gasteiger partial charge in [0.2, 0.25) is 0 Å². The Kier molecular flexibility index (Phi) is 5.80. The van der Waals surface area contributed by atoms with E-state index in [-0.39, 0.29) is 20.9 Å². The summed E-state index contributed by atoms with van der Waals surface area (Å²) in [6, 6.07) is 6.84. The monoisotopic (exact) mass is 302 g/mol. The van der Waals surface area contributed by atoms with E-state index in [1.54, 1.807) is 18.2 Å². The third kappa shape index (κ3) is 4.09. The zero-order valence-electron chi connectivity index (χ0n) is 9.91. The van der Waals surface area contributed by atoms with Gasteiger partial charge >= 0.3 is 0 Å². The van der Waals surface area contributed by atoms with Gasteiger partial charge in [-0.05, 0) is 12.1 Å². The zero-order chi connectivity index (χ0) is 13.7. The number of rotatable bonds is 4. The number of nitrogens with zero attached hydrogens (tertiary/aromatic N) is 1. The average molecular weight is 303 g/mol. The number of halogens is 2. The van der Waals surface area contributed by atoms with Crippen LogP contribution < -0.4 is 5.32 Å². The van der Waals surface area contributed by atoms with Crippen molar-refractivity contribution >= 4 is 40.9 Å². The number of carbonyl (C=O) groups is 1. The maximum atomic E-state index is 12.0. The number of carbonyl (C=O) groups excluding carboxylic acids is 1. The summed E-state index contributed by atoms with van der Waals surface area (Å²) >= 11 is 13.2. The van der Waals surface area contributed by atoms with Gasteiger partial charge in [0.1, 0.15) is 0 Å². The summed E-state index contributed by atoms with van der Waals surface area (Å²) in [4.78, 5) is 12.0. The molecule has 3 nitrogen and oxygen atoms in total. The molecule has 0 aromatic heterocycles. The van der Waals surface area contributed by atoms with Crippen LogP contribution in [0.2, 0.25) is 10.0 Å². The second kappa shape index (κ2) is 6.89. The normalized spacial score (nSPS) is 12.0. The van der Waals surface area contributed by atoms with Gasteiger partial charge in [-0.25, -0.2) is 0 Å². The van der Waals surface area contributed by atoms with Gasteiger partial charge in [-0.1, -0.05) is 43.1 Å². The highest BCUT2D eigenvalue weighted by Gasteiger charge is 2.19. The van der Waals surface area contributed by atoms with Crippen molar-refractivity contribution in [2.75, 3.05) is 0 Å². The van der Waals surface area contributed by atoms with Gasteiger partial charge in [-0.3, -0.25) is 4.79 Å². The van der Waals surface area contributed by atoms with Gasteiger partial charge in [0.05, 0.1) is 21.7 Å². The van der Waals surface area contributed by atoms with Gasteiger partial charge < -0.3 is 5.32 Å². The number of amides is 1. The molecule has 1 N–H and O–H groups in total. The number of hydrogen-bond acceptors (Lipinski definition) is 3. The molecule has 0 radical (unpaired) electrons. The van der Waals surface area contributed by atoms with E-state index >= 15 is 0 Å². The van der Waals surface area contributed by atoms with E-state index in [4.69, 9.17) is 28.5 Å². The number of nitriles is 1. The van der Waals surface area contributed by atoms with Crippen LogP contribution in [0, 0.1) is 11.3 Å². The van der Waals surface area contributed by atoms with Crippen LogP contribution >= 0.6 is 35.0 Å². The van der Waals surface area contributed by atoms with Crippen molar-refractivity contribution in [1.82, 2.24) is 5.32 Å². The second-order valence-corrected chi connectivity index (χ2v) is 6.26. The van der Waals surface area contributed by atoms with Crippen LogP contribution in [0.3, 0.4) is 0 Å². The summed E-state index contributed by atoms with van der Waals surface area (Å²) in [5.41, 5.74) is 0.199. The number of thioether (sulfide) groups is 1. The molecule has 0 aliphatic heterocycles. The molecule has 0 saturated carbocycles. The SMILES string of the molecule is CC(C)SC(C#N)NC(=O)c1c(Cl)cccc1Cl. The molecule has 1 unspecified atom stereocenters. The van der Waals surface area contributed by atoms with E-state index in [0.29, 0.717) is 0 Å². The van der Waals surface area contributed by atoms with Crippen molar-refractivity contribution in [2.45, 2.75) is 24.5 Å². The first-order chi connectivity index (χ1) is 8.45. The van der Waals surface area contributed by atoms with Crippen molar-refractivity contribution in [1.29, 1.82) is 5.26 Å². The van der Waals surface area contributed by atoms with Gasteiger partial charge in [0, 0.05) is 5.25 Å². The molecule has 0 fully saturated rings. The lowest BCUT2D eigenvalue weighted by molar-refractivity contribution is 0.0955. The van der Waals surface area contributed by atoms with Gasteiger partial charge in [-0.2, -0.15) is 5.26 Å². The molecule has 1 aromatic carbocycles. The smallest absolute Gasteiger partial charge is 0.255 e. The lowest BCUT2D eigenvalue weighted by Crippen LogP contribution is -2.32. The summed E-state index contributed by atoms with van der Waals surface area (Å²) in [6.45, 7) is 3.90. The van der Waals surface area contributed by atoms with Crippen LogP contribution in [0.1, 0.15) is 24.2 Å². The van der Waals surface area contributed by atoms with E-state index < -0.39 is 11.3 Å². The molecule has 0 spiro atoms. The third-order valence-electron chi connectivity index (χ3n) is 1.98. The molecule has 1 rings (SSSR count). The second-order valence-electron chi connectivity index (χ2n) is 3.76. The van der Waals surface area contributed by atoms with E-state index in [1.807, 2.05) is 19.9 Å². The van der Waals surface area contributed by atoms with Gasteiger partial charge in [0.15, 0.2) is 5.37 Å². The minimum Gasteiger partial charge on any atom is -0.328 e. The van der Waals surface area contributed by atoms with Gasteiger partial charge in [0.25, 0.3) is 5.91 Å². The van der Waals surface area contributed by atoms with E-state index in [1.165, 1.54) is 11.8 Å². The Morgan fingerprint density at radius 1 is 1.39 bits per heavy atom. The topological polar surface area (TPSA) is 52.9 Å². The molecule has 0 aliphatic carbocycles. The van der Waals surface area contributed by atoms with E-state index in [9.17, 15) is 4.79 Å². The molecule has 96 valence electrons. The molecule has 1 amide bonds. The lowest BCUT2D eigenvalue weighted by atomic mass is 10.2. The molecular weight excluding hydrogens is 291 g/mol. The zero-order valence-corrected chi connectivity index (χ0v) is 12.2. The van der Waals surface area contributed by atoms with Crippen LogP contribution in [0.15, 0.2) is 18.2 Å². The average Bonchev–Trinajstić information content (AvgIpc) is 2.27. The Balaban J connectivity index is 2.85. The van der Waals surface area contributed by atoms with Crippen LogP contribution in [0.4, 0.5) is 0 Å². The molecular formula is C12H12Cl2N2OS. The van der Waals surface area contributed by atoms with Crippen molar-refractivity contribution in [3.63, 3.8) is 0 Å². The fourth-order valence-corrected chi connectivity index (χ4v) is 2.62. The fourth-order valence-electron chi connectivity index (χ4n) is 1.27. The number of nitrogens with one attached hydrogen (secondary N) is 1. The number of benzene rings is 1. The van der Waals surface area contributed by atoms with Gasteiger partial charge in [-0.15, -0.1) is 11.8 Å². The highest BCUT2D eigenvalue weighted by atomic mass is 35.5. The first-order valence-corrected chi connectivity index (χ1v) is 6.95. The highest BCUT2D eigenvalue weighted by molar-refractivity contribution is 8.00. The molecule has 0 saturated heterocycles. The molecule has 0 aliphatic rings. The van der Waals surface area contributed by atoms with Crippen molar-refractivity contribution in [3.05, 3.63) is 33.8 Å². The number of hydrogen-bond donors (Lipinski definition) is 1. The Hall–Kier alpha value is -0.890. The predicted molar refractivity (Wildman–Crippen MR) is 76.1 cm³/mol. The first kappa shape index (κ1) is 15.2. The van der Waals surface area contributed by atoms with Crippen LogP contribution in [-0.2, 0) is 0 Å². The van der Waals surface area contributed by atoms with Crippen molar-refractivity contribution < 1.29 is 4.79 Å². The van der Waals surface area contributed by atoms with Crippen LogP contribution in [-0.4, -0.2) is 16.5 Å². The predicted octanol–water partition coefficient (Wildman–Crippen LogP) is 3.71. The first-order valence-electron chi connectivity index (χ1n) is 5.25. The minimum absolute atomic E-state index is 0.199. The summed E-state index contributed by atoms with van der Waals surface area (Å²) in [6.07, 6.45) is 0. The fraction of sp³-hybridized carbons (Fsp3) is 0.333. The Labute approximate surface area is 120 Å². The molecule has 18 heavy (non-hydrogen) atoms. The highest BCUT2D eigenvalue weighted by Crippen LogP contribution is 2.25. The molecule has 0 heterocycles. The van der Waals surface area contributed by atoms with E-state index in [2.05, 4.69) is 5.32 Å². The summed E-state index contributed by atoms with van der Waals surface area (Å²) < 4.78 is 0. The molecule has 6 heteroatoms. The quantitative estimate of drug-likeness (QED) is 0.863. The summed E-state index contributed by atoms with van der Waals surface area (Å²) in [5, 5.41) is 11.7. The van der Waals surface area contributed by atoms with Crippen molar-refractivity contribution in [3.8, 4) is 6.07 Å². The Morgan fingerprint density at radius 3 is 2.39 bits per heavy atom. The maximum Gasteiger partial charge on any atom is 0.255 e. The molecule has 1 atom stereocenters. The van der Waals surface area contributed by atoms with Crippen molar-refractivity contribution in [2.24, 2.45) is 0 Å². The molecule has 1 aromatic rings. The third-order valence-corrected chi connectivity index (χ3v) is 3.65. The van der Waals surface area contributed by atoms with Crippen LogP contribution in [0.5, 0.6) is 0 Å². The van der Waals surface area contributed by atoms with E-state index in [0.717, 1.165) is 0 Å². The Morgan fingerprint density at radius 2 is 1.94 bits per heavy atom. The Bertz CT molecular complexity index is 465. The maximum absolute atomic E-state index is 12.0. The molecule has 0 bridgehead atoms.